The molecule has 0 saturated heterocycles. The van der Waals surface area contributed by atoms with Gasteiger partial charge >= 0.3 is 11.9 Å². The molecule has 7 nitrogen and oxygen atoms in total. The third kappa shape index (κ3) is 3.13. The molecule has 0 bridgehead atoms. The lowest BCUT2D eigenvalue weighted by Gasteiger charge is -2.30. The lowest BCUT2D eigenvalue weighted by atomic mass is 10.0. The monoisotopic (exact) mass is 343 g/mol. The minimum atomic E-state index is -0.670. The van der Waals surface area contributed by atoms with Crippen molar-refractivity contribution in [3.8, 4) is 0 Å². The lowest BCUT2D eigenvalue weighted by Crippen LogP contribution is -2.36. The molecule has 2 heterocycles. The van der Waals surface area contributed by atoms with Crippen molar-refractivity contribution >= 4 is 22.9 Å². The van der Waals surface area contributed by atoms with Crippen LogP contribution in [0.5, 0.6) is 0 Å². The number of rotatable bonds is 3. The summed E-state index contributed by atoms with van der Waals surface area (Å²) in [5, 5.41) is 0.486. The number of ether oxygens (including phenoxy) is 2. The number of carbonyl (C=O) groups is 2. The Bertz CT molecular complexity index is 927. The Morgan fingerprint density at radius 3 is 2.68 bits per heavy atom. The molecule has 1 aliphatic heterocycles. The van der Waals surface area contributed by atoms with Crippen molar-refractivity contribution in [2.75, 3.05) is 20.8 Å². The number of nitrogens with zero attached hydrogens (tertiary/aromatic N) is 1. The normalized spacial score (nSPS) is 14.2. The van der Waals surface area contributed by atoms with E-state index in [2.05, 4.69) is 4.74 Å². The second kappa shape index (κ2) is 6.80. The van der Waals surface area contributed by atoms with Crippen molar-refractivity contribution in [3.05, 3.63) is 57.6 Å². The molecule has 1 aliphatic rings. The van der Waals surface area contributed by atoms with Gasteiger partial charge in [-0.15, -0.1) is 0 Å². The Hall–Kier alpha value is -3.09. The summed E-state index contributed by atoms with van der Waals surface area (Å²) in [4.78, 5) is 38.0. The van der Waals surface area contributed by atoms with Gasteiger partial charge in [-0.25, -0.2) is 9.59 Å². The maximum absolute atomic E-state index is 12.7. The van der Waals surface area contributed by atoms with Crippen LogP contribution in [-0.4, -0.2) is 37.6 Å². The van der Waals surface area contributed by atoms with Crippen LogP contribution in [0.2, 0.25) is 0 Å². The molecule has 7 heteroatoms. The quantitative estimate of drug-likeness (QED) is 0.615. The highest BCUT2D eigenvalue weighted by Gasteiger charge is 2.27. The van der Waals surface area contributed by atoms with E-state index in [4.69, 9.17) is 9.15 Å². The Balaban J connectivity index is 2.03. The van der Waals surface area contributed by atoms with Crippen LogP contribution in [0.25, 0.3) is 11.0 Å². The summed E-state index contributed by atoms with van der Waals surface area (Å²) in [7, 11) is 2.45. The van der Waals surface area contributed by atoms with E-state index in [1.165, 1.54) is 14.2 Å². The molecule has 2 aromatic rings. The molecule has 0 amide bonds. The number of methoxy groups -OCH3 is 2. The summed E-state index contributed by atoms with van der Waals surface area (Å²) in [5.41, 5.74) is 0.930. The summed E-state index contributed by atoms with van der Waals surface area (Å²) in [5.74, 6) is -0.738. The Morgan fingerprint density at radius 1 is 1.20 bits per heavy atom. The number of benzene rings is 1. The summed E-state index contributed by atoms with van der Waals surface area (Å²) < 4.78 is 15.2. The highest BCUT2D eigenvalue weighted by molar-refractivity contribution is 5.95. The molecule has 0 unspecified atom stereocenters. The van der Waals surface area contributed by atoms with Crippen molar-refractivity contribution in [1.82, 2.24) is 4.90 Å². The molecular weight excluding hydrogens is 326 g/mol. The van der Waals surface area contributed by atoms with Gasteiger partial charge in [-0.3, -0.25) is 4.79 Å². The molecule has 0 fully saturated rings. The number of para-hydroxylation sites is 1. The first-order chi connectivity index (χ1) is 12.0. The SMILES string of the molecule is COC(=O)/C=C(\C(=O)OC)N1CCc2oc3ccccc3c(=O)c2C1. The van der Waals surface area contributed by atoms with Gasteiger partial charge in [0.15, 0.2) is 5.43 Å². The largest absolute Gasteiger partial charge is 0.466 e. The Kier molecular flexibility index (Phi) is 4.56. The van der Waals surface area contributed by atoms with E-state index in [1.807, 2.05) is 0 Å². The summed E-state index contributed by atoms with van der Waals surface area (Å²) in [6, 6.07) is 7.02. The van der Waals surface area contributed by atoms with Gasteiger partial charge in [0.25, 0.3) is 0 Å². The molecule has 130 valence electrons. The zero-order valence-electron chi connectivity index (χ0n) is 13.9. The highest BCUT2D eigenvalue weighted by atomic mass is 16.5. The van der Waals surface area contributed by atoms with Crippen LogP contribution in [0.3, 0.4) is 0 Å². The van der Waals surface area contributed by atoms with E-state index >= 15 is 0 Å². The molecule has 0 spiro atoms. The minimum Gasteiger partial charge on any atom is -0.466 e. The fourth-order valence-corrected chi connectivity index (χ4v) is 2.86. The molecule has 3 rings (SSSR count). The zero-order valence-corrected chi connectivity index (χ0v) is 13.9. The molecule has 0 N–H and O–H groups in total. The smallest absolute Gasteiger partial charge is 0.354 e. The second-order valence-electron chi connectivity index (χ2n) is 5.54. The van der Waals surface area contributed by atoms with E-state index in [0.717, 1.165) is 6.08 Å². The van der Waals surface area contributed by atoms with Gasteiger partial charge in [-0.05, 0) is 12.1 Å². The van der Waals surface area contributed by atoms with Crippen LogP contribution in [0, 0.1) is 0 Å². The number of hydrogen-bond acceptors (Lipinski definition) is 7. The van der Waals surface area contributed by atoms with Crippen LogP contribution in [0.1, 0.15) is 11.3 Å². The average molecular weight is 343 g/mol. The van der Waals surface area contributed by atoms with E-state index in [1.54, 1.807) is 29.2 Å². The van der Waals surface area contributed by atoms with Crippen LogP contribution < -0.4 is 5.43 Å². The predicted octanol–water partition coefficient (Wildman–Crippen LogP) is 1.38. The molecule has 0 atom stereocenters. The third-order valence-electron chi connectivity index (χ3n) is 4.12. The van der Waals surface area contributed by atoms with Gasteiger partial charge in [-0.1, -0.05) is 12.1 Å². The van der Waals surface area contributed by atoms with E-state index < -0.39 is 11.9 Å². The van der Waals surface area contributed by atoms with E-state index in [9.17, 15) is 14.4 Å². The van der Waals surface area contributed by atoms with Gasteiger partial charge in [0.2, 0.25) is 0 Å². The van der Waals surface area contributed by atoms with Crippen LogP contribution >= 0.6 is 0 Å². The second-order valence-corrected chi connectivity index (χ2v) is 5.54. The highest BCUT2D eigenvalue weighted by Crippen LogP contribution is 2.24. The first kappa shape index (κ1) is 16.8. The zero-order chi connectivity index (χ0) is 18.0. The van der Waals surface area contributed by atoms with Gasteiger partial charge in [-0.2, -0.15) is 0 Å². The molecule has 1 aromatic carbocycles. The average Bonchev–Trinajstić information content (AvgIpc) is 2.65. The van der Waals surface area contributed by atoms with Gasteiger partial charge in [0, 0.05) is 13.0 Å². The fraction of sp³-hybridized carbons (Fsp3) is 0.278. The fourth-order valence-electron chi connectivity index (χ4n) is 2.86. The standard InChI is InChI=1S/C18H17NO6/c1-23-16(20)9-13(18(22)24-2)19-8-7-15-12(10-19)17(21)11-5-3-4-6-14(11)25-15/h3-6,9H,7-8,10H2,1-2H3/b13-9+. The minimum absolute atomic E-state index is 0.0487. The van der Waals surface area contributed by atoms with Crippen molar-refractivity contribution in [1.29, 1.82) is 0 Å². The number of carbonyl (C=O) groups excluding carboxylic acids is 2. The Labute approximate surface area is 143 Å². The third-order valence-corrected chi connectivity index (χ3v) is 4.12. The molecule has 0 saturated carbocycles. The van der Waals surface area contributed by atoms with Gasteiger partial charge in [0.05, 0.1) is 37.8 Å². The lowest BCUT2D eigenvalue weighted by molar-refractivity contribution is -0.140. The van der Waals surface area contributed by atoms with Crippen molar-refractivity contribution in [2.45, 2.75) is 13.0 Å². The molecular formula is C18H17NO6. The topological polar surface area (TPSA) is 86.1 Å². The molecule has 0 radical (unpaired) electrons. The maximum Gasteiger partial charge on any atom is 0.354 e. The summed E-state index contributed by atoms with van der Waals surface area (Å²) in [6.45, 7) is 0.562. The maximum atomic E-state index is 12.7. The van der Waals surface area contributed by atoms with Crippen molar-refractivity contribution < 1.29 is 23.5 Å². The van der Waals surface area contributed by atoms with Crippen LogP contribution in [-0.2, 0) is 32.0 Å². The Morgan fingerprint density at radius 2 is 1.96 bits per heavy atom. The van der Waals surface area contributed by atoms with Crippen molar-refractivity contribution in [2.24, 2.45) is 0 Å². The van der Waals surface area contributed by atoms with E-state index in [-0.39, 0.29) is 17.7 Å². The molecule has 0 aliphatic carbocycles. The first-order valence-electron chi connectivity index (χ1n) is 7.71. The molecule has 25 heavy (non-hydrogen) atoms. The number of fused-ring (bicyclic) bond motifs is 2. The molecule has 1 aromatic heterocycles. The van der Waals surface area contributed by atoms with Crippen LogP contribution in [0.15, 0.2) is 45.3 Å². The number of esters is 2. The van der Waals surface area contributed by atoms with Gasteiger partial charge in [0.1, 0.15) is 17.0 Å². The van der Waals surface area contributed by atoms with Gasteiger partial charge < -0.3 is 18.8 Å². The summed E-state index contributed by atoms with van der Waals surface area (Å²) >= 11 is 0. The first-order valence-corrected chi connectivity index (χ1v) is 7.71. The van der Waals surface area contributed by atoms with Crippen LogP contribution in [0.4, 0.5) is 0 Å². The summed E-state index contributed by atoms with van der Waals surface area (Å²) in [6.07, 6.45) is 1.50. The van der Waals surface area contributed by atoms with Crippen molar-refractivity contribution in [3.63, 3.8) is 0 Å². The van der Waals surface area contributed by atoms with E-state index in [0.29, 0.717) is 35.3 Å². The predicted molar refractivity (Wildman–Crippen MR) is 88.7 cm³/mol. The number of hydrogen-bond donors (Lipinski definition) is 0.